The van der Waals surface area contributed by atoms with Gasteiger partial charge in [-0.15, -0.1) is 0 Å². The molecule has 16 heavy (non-hydrogen) atoms. The van der Waals surface area contributed by atoms with Crippen molar-refractivity contribution in [2.75, 3.05) is 11.9 Å². The average Bonchev–Trinajstić information content (AvgIpc) is 2.16. The van der Waals surface area contributed by atoms with Gasteiger partial charge < -0.3 is 10.1 Å². The molecular weight excluding hydrogens is 204 g/mol. The van der Waals surface area contributed by atoms with Crippen LogP contribution in [0.3, 0.4) is 0 Å². The maximum Gasteiger partial charge on any atom is 0.339 e. The Bertz CT molecular complexity index is 370. The van der Waals surface area contributed by atoms with Crippen molar-refractivity contribution < 1.29 is 9.53 Å². The number of carbonyl (C=O) groups is 1. The predicted molar refractivity (Wildman–Crippen MR) is 63.6 cm³/mol. The number of carbonyl (C=O) groups excluding carboxylic acids is 1. The van der Waals surface area contributed by atoms with Crippen LogP contribution in [0.5, 0.6) is 0 Å². The van der Waals surface area contributed by atoms with Gasteiger partial charge in [0.05, 0.1) is 17.9 Å². The van der Waals surface area contributed by atoms with Gasteiger partial charge in [0.25, 0.3) is 0 Å². The molecule has 1 aromatic heterocycles. The molecule has 0 fully saturated rings. The number of anilines is 1. The first-order chi connectivity index (χ1) is 7.42. The zero-order valence-corrected chi connectivity index (χ0v) is 10.2. The number of hydrogen-bond donors (Lipinski definition) is 1. The molecule has 0 amide bonds. The van der Waals surface area contributed by atoms with E-state index in [1.807, 2.05) is 20.8 Å². The summed E-state index contributed by atoms with van der Waals surface area (Å²) in [4.78, 5) is 15.5. The Balaban J connectivity index is 2.83. The molecule has 0 aliphatic rings. The van der Waals surface area contributed by atoms with Crippen molar-refractivity contribution >= 4 is 11.7 Å². The summed E-state index contributed by atoms with van der Waals surface area (Å²) >= 11 is 0. The van der Waals surface area contributed by atoms with Crippen LogP contribution in [0.15, 0.2) is 18.5 Å². The summed E-state index contributed by atoms with van der Waals surface area (Å²) in [6, 6.07) is 1.75. The van der Waals surface area contributed by atoms with Crippen LogP contribution in [0.2, 0.25) is 0 Å². The highest BCUT2D eigenvalue weighted by Gasteiger charge is 2.12. The van der Waals surface area contributed by atoms with E-state index in [1.54, 1.807) is 19.2 Å². The van der Waals surface area contributed by atoms with Gasteiger partial charge in [-0.1, -0.05) is 0 Å². The third-order valence-electron chi connectivity index (χ3n) is 1.77. The van der Waals surface area contributed by atoms with Crippen molar-refractivity contribution in [2.24, 2.45) is 0 Å². The highest BCUT2D eigenvalue weighted by Crippen LogP contribution is 2.15. The number of ether oxygens (including phenoxy) is 1. The summed E-state index contributed by atoms with van der Waals surface area (Å²) in [5, 5.41) is 3.25. The largest absolute Gasteiger partial charge is 0.462 e. The molecule has 0 spiro atoms. The second-order valence-electron chi connectivity index (χ2n) is 4.56. The number of esters is 1. The SMILES string of the molecule is CCOC(=O)c1cncc(NC(C)(C)C)c1. The van der Waals surface area contributed by atoms with Crippen LogP contribution in [0.25, 0.3) is 0 Å². The Kier molecular flexibility index (Phi) is 3.88. The van der Waals surface area contributed by atoms with Crippen molar-refractivity contribution in [3.05, 3.63) is 24.0 Å². The standard InChI is InChI=1S/C12H18N2O2/c1-5-16-11(15)9-6-10(8-13-7-9)14-12(2,3)4/h6-8,14H,5H2,1-4H3. The van der Waals surface area contributed by atoms with E-state index in [0.717, 1.165) is 5.69 Å². The summed E-state index contributed by atoms with van der Waals surface area (Å²) in [5.41, 5.74) is 1.23. The van der Waals surface area contributed by atoms with Crippen LogP contribution in [-0.4, -0.2) is 23.1 Å². The zero-order chi connectivity index (χ0) is 12.2. The van der Waals surface area contributed by atoms with Crippen molar-refractivity contribution in [1.29, 1.82) is 0 Å². The molecule has 4 nitrogen and oxygen atoms in total. The lowest BCUT2D eigenvalue weighted by molar-refractivity contribution is 0.0526. The molecule has 0 aliphatic heterocycles. The monoisotopic (exact) mass is 222 g/mol. The summed E-state index contributed by atoms with van der Waals surface area (Å²) in [7, 11) is 0. The quantitative estimate of drug-likeness (QED) is 0.798. The summed E-state index contributed by atoms with van der Waals surface area (Å²) in [5.74, 6) is -0.340. The van der Waals surface area contributed by atoms with Crippen molar-refractivity contribution in [2.45, 2.75) is 33.2 Å². The molecule has 0 saturated carbocycles. The molecule has 1 N–H and O–H groups in total. The highest BCUT2D eigenvalue weighted by molar-refractivity contribution is 5.90. The second-order valence-corrected chi connectivity index (χ2v) is 4.56. The molecule has 1 heterocycles. The summed E-state index contributed by atoms with van der Waals surface area (Å²) < 4.78 is 4.91. The van der Waals surface area contributed by atoms with E-state index in [-0.39, 0.29) is 11.5 Å². The first-order valence-electron chi connectivity index (χ1n) is 5.33. The molecule has 0 saturated heterocycles. The lowest BCUT2D eigenvalue weighted by atomic mass is 10.1. The van der Waals surface area contributed by atoms with Gasteiger partial charge in [0.2, 0.25) is 0 Å². The van der Waals surface area contributed by atoms with Crippen molar-refractivity contribution in [3.63, 3.8) is 0 Å². The molecule has 0 unspecified atom stereocenters. The molecule has 0 aromatic carbocycles. The third-order valence-corrected chi connectivity index (χ3v) is 1.77. The second kappa shape index (κ2) is 4.96. The lowest BCUT2D eigenvalue weighted by Crippen LogP contribution is -2.26. The van der Waals surface area contributed by atoms with Gasteiger partial charge in [-0.3, -0.25) is 4.98 Å². The summed E-state index contributed by atoms with van der Waals surface area (Å²) in [6.45, 7) is 8.29. The molecule has 88 valence electrons. The molecule has 0 bridgehead atoms. The molecule has 0 radical (unpaired) electrons. The maximum absolute atomic E-state index is 11.5. The number of hydrogen-bond acceptors (Lipinski definition) is 4. The minimum Gasteiger partial charge on any atom is -0.462 e. The van der Waals surface area contributed by atoms with Crippen LogP contribution in [0, 0.1) is 0 Å². The Morgan fingerprint density at radius 3 is 2.69 bits per heavy atom. The van der Waals surface area contributed by atoms with Gasteiger partial charge in [0, 0.05) is 17.9 Å². The van der Waals surface area contributed by atoms with Crippen molar-refractivity contribution in [1.82, 2.24) is 4.98 Å². The number of nitrogens with one attached hydrogen (secondary N) is 1. The third kappa shape index (κ3) is 3.88. The highest BCUT2D eigenvalue weighted by atomic mass is 16.5. The number of pyridine rings is 1. The first-order valence-corrected chi connectivity index (χ1v) is 5.33. The van der Waals surface area contributed by atoms with Gasteiger partial charge in [-0.25, -0.2) is 4.79 Å². The van der Waals surface area contributed by atoms with Crippen LogP contribution < -0.4 is 5.32 Å². The Hall–Kier alpha value is -1.58. The number of aromatic nitrogens is 1. The molecular formula is C12H18N2O2. The van der Waals surface area contributed by atoms with E-state index < -0.39 is 0 Å². The lowest BCUT2D eigenvalue weighted by Gasteiger charge is -2.21. The van der Waals surface area contributed by atoms with Crippen LogP contribution >= 0.6 is 0 Å². The first kappa shape index (κ1) is 12.5. The zero-order valence-electron chi connectivity index (χ0n) is 10.2. The fourth-order valence-corrected chi connectivity index (χ4v) is 1.27. The van der Waals surface area contributed by atoms with Gasteiger partial charge >= 0.3 is 5.97 Å². The van der Waals surface area contributed by atoms with Crippen LogP contribution in [-0.2, 0) is 4.74 Å². The minimum atomic E-state index is -0.340. The van der Waals surface area contributed by atoms with E-state index in [2.05, 4.69) is 10.3 Å². The minimum absolute atomic E-state index is 0.0606. The van der Waals surface area contributed by atoms with E-state index >= 15 is 0 Å². The molecule has 1 aromatic rings. The molecule has 0 atom stereocenters. The predicted octanol–water partition coefficient (Wildman–Crippen LogP) is 2.47. The summed E-state index contributed by atoms with van der Waals surface area (Å²) in [6.07, 6.45) is 3.19. The van der Waals surface area contributed by atoms with Gasteiger partial charge in [0.1, 0.15) is 0 Å². The maximum atomic E-state index is 11.5. The van der Waals surface area contributed by atoms with Crippen molar-refractivity contribution in [3.8, 4) is 0 Å². The average molecular weight is 222 g/mol. The van der Waals surface area contributed by atoms with Gasteiger partial charge in [0.15, 0.2) is 0 Å². The Labute approximate surface area is 96.0 Å². The molecule has 4 heteroatoms. The van der Waals surface area contributed by atoms with E-state index in [1.165, 1.54) is 6.20 Å². The Morgan fingerprint density at radius 1 is 1.44 bits per heavy atom. The topological polar surface area (TPSA) is 51.2 Å². The molecule has 1 rings (SSSR count). The fraction of sp³-hybridized carbons (Fsp3) is 0.500. The Morgan fingerprint density at radius 2 is 2.12 bits per heavy atom. The molecule has 0 aliphatic carbocycles. The van der Waals surface area contributed by atoms with Gasteiger partial charge in [-0.05, 0) is 33.8 Å². The van der Waals surface area contributed by atoms with Gasteiger partial charge in [-0.2, -0.15) is 0 Å². The van der Waals surface area contributed by atoms with Crippen LogP contribution in [0.1, 0.15) is 38.1 Å². The number of nitrogens with zero attached hydrogens (tertiary/aromatic N) is 1. The van der Waals surface area contributed by atoms with E-state index in [9.17, 15) is 4.79 Å². The number of rotatable bonds is 3. The fourth-order valence-electron chi connectivity index (χ4n) is 1.27. The van der Waals surface area contributed by atoms with E-state index in [0.29, 0.717) is 12.2 Å². The van der Waals surface area contributed by atoms with E-state index in [4.69, 9.17) is 4.74 Å². The van der Waals surface area contributed by atoms with Crippen LogP contribution in [0.4, 0.5) is 5.69 Å². The normalized spacial score (nSPS) is 11.0. The smallest absolute Gasteiger partial charge is 0.339 e.